The molecule has 0 aromatic carbocycles. The fourth-order valence-electron chi connectivity index (χ4n) is 3.70. The summed E-state index contributed by atoms with van der Waals surface area (Å²) in [6.45, 7) is 13.2. The molecule has 0 spiro atoms. The van der Waals surface area contributed by atoms with E-state index in [4.69, 9.17) is 4.99 Å². The second kappa shape index (κ2) is 14.4. The van der Waals surface area contributed by atoms with Gasteiger partial charge in [-0.15, -0.1) is 24.0 Å². The Bertz CT molecular complexity index is 468. The van der Waals surface area contributed by atoms with Gasteiger partial charge >= 0.3 is 0 Å². The number of hydrogen-bond donors (Lipinski definition) is 2. The van der Waals surface area contributed by atoms with Crippen LogP contribution >= 0.6 is 24.0 Å². The Morgan fingerprint density at radius 3 is 2.57 bits per heavy atom. The fraction of sp³-hybridized carbons (Fsp3) is 0.900. The third-order valence-electron chi connectivity index (χ3n) is 5.59. The standard InChI is InChI=1S/C20H40N6O.HI/c1-4-21-20(23-17-18(2)25-15-13-24(3)14-16-25)22-10-8-12-26-11-7-5-6-9-19(26)27;/h18H,4-17H2,1-3H3,(H2,21,22,23);1H. The van der Waals surface area contributed by atoms with E-state index in [0.717, 1.165) is 90.5 Å². The predicted molar refractivity (Wildman–Crippen MR) is 128 cm³/mol. The van der Waals surface area contributed by atoms with Crippen LogP contribution in [-0.4, -0.2) is 98.6 Å². The highest BCUT2D eigenvalue weighted by Crippen LogP contribution is 2.11. The highest BCUT2D eigenvalue weighted by atomic mass is 127. The molecular weight excluding hydrogens is 467 g/mol. The van der Waals surface area contributed by atoms with Gasteiger partial charge < -0.3 is 20.4 Å². The molecule has 2 rings (SSSR count). The van der Waals surface area contributed by atoms with Gasteiger partial charge in [-0.05, 0) is 40.2 Å². The van der Waals surface area contributed by atoms with Gasteiger partial charge in [0.1, 0.15) is 0 Å². The topological polar surface area (TPSA) is 63.2 Å². The maximum absolute atomic E-state index is 12.1. The minimum Gasteiger partial charge on any atom is -0.357 e. The van der Waals surface area contributed by atoms with E-state index in [9.17, 15) is 4.79 Å². The monoisotopic (exact) mass is 508 g/mol. The van der Waals surface area contributed by atoms with Crippen molar-refractivity contribution < 1.29 is 4.79 Å². The molecule has 2 aliphatic heterocycles. The number of likely N-dealkylation sites (N-methyl/N-ethyl adjacent to an activating group) is 1. The van der Waals surface area contributed by atoms with E-state index in [0.29, 0.717) is 11.9 Å². The van der Waals surface area contributed by atoms with Crippen molar-refractivity contribution >= 4 is 35.8 Å². The van der Waals surface area contributed by atoms with Crippen molar-refractivity contribution in [3.05, 3.63) is 0 Å². The van der Waals surface area contributed by atoms with Crippen molar-refractivity contribution in [1.29, 1.82) is 0 Å². The number of amides is 1. The Labute approximate surface area is 188 Å². The Morgan fingerprint density at radius 2 is 1.86 bits per heavy atom. The van der Waals surface area contributed by atoms with E-state index >= 15 is 0 Å². The van der Waals surface area contributed by atoms with Crippen LogP contribution in [0.1, 0.15) is 46.0 Å². The quantitative estimate of drug-likeness (QED) is 0.226. The summed E-state index contributed by atoms with van der Waals surface area (Å²) in [6.07, 6.45) is 5.07. The largest absolute Gasteiger partial charge is 0.357 e. The molecule has 2 saturated heterocycles. The first-order chi connectivity index (χ1) is 13.1. The van der Waals surface area contributed by atoms with Gasteiger partial charge in [-0.2, -0.15) is 0 Å². The van der Waals surface area contributed by atoms with E-state index in [-0.39, 0.29) is 24.0 Å². The molecule has 2 aliphatic rings. The number of nitrogens with one attached hydrogen (secondary N) is 2. The number of carbonyl (C=O) groups is 1. The van der Waals surface area contributed by atoms with Gasteiger partial charge in [-0.1, -0.05) is 6.42 Å². The second-order valence-corrected chi connectivity index (χ2v) is 7.88. The minimum atomic E-state index is 0. The number of nitrogens with zero attached hydrogens (tertiary/aromatic N) is 4. The molecule has 0 aromatic rings. The number of rotatable bonds is 8. The van der Waals surface area contributed by atoms with Crippen molar-refractivity contribution in [3.63, 3.8) is 0 Å². The van der Waals surface area contributed by atoms with Gasteiger partial charge in [-0.25, -0.2) is 0 Å². The van der Waals surface area contributed by atoms with Crippen LogP contribution in [0.15, 0.2) is 4.99 Å². The zero-order valence-corrected chi connectivity index (χ0v) is 20.4. The van der Waals surface area contributed by atoms with E-state index in [1.807, 2.05) is 4.90 Å². The highest BCUT2D eigenvalue weighted by molar-refractivity contribution is 14.0. The number of aliphatic imine (C=N–C) groups is 1. The summed E-state index contributed by atoms with van der Waals surface area (Å²) in [5.74, 6) is 1.22. The Morgan fingerprint density at radius 1 is 1.11 bits per heavy atom. The van der Waals surface area contributed by atoms with Crippen LogP contribution in [0.3, 0.4) is 0 Å². The molecule has 1 amide bonds. The Kier molecular flexibility index (Phi) is 13.1. The first kappa shape index (κ1) is 25.4. The third kappa shape index (κ3) is 9.26. The lowest BCUT2D eigenvalue weighted by Gasteiger charge is -2.35. The van der Waals surface area contributed by atoms with E-state index < -0.39 is 0 Å². The molecule has 0 radical (unpaired) electrons. The second-order valence-electron chi connectivity index (χ2n) is 7.88. The average molecular weight is 508 g/mol. The molecular formula is C20H41IN6O. The molecule has 0 bridgehead atoms. The number of piperazine rings is 1. The third-order valence-corrected chi connectivity index (χ3v) is 5.59. The zero-order chi connectivity index (χ0) is 19.5. The summed E-state index contributed by atoms with van der Waals surface area (Å²) in [4.78, 5) is 23.8. The van der Waals surface area contributed by atoms with Gasteiger partial charge in [0.05, 0.1) is 6.54 Å². The summed E-state index contributed by atoms with van der Waals surface area (Å²) in [5, 5.41) is 6.77. The molecule has 2 heterocycles. The van der Waals surface area contributed by atoms with Crippen LogP contribution in [0, 0.1) is 0 Å². The zero-order valence-electron chi connectivity index (χ0n) is 18.1. The van der Waals surface area contributed by atoms with Gasteiger partial charge in [0.15, 0.2) is 5.96 Å². The molecule has 7 nitrogen and oxygen atoms in total. The van der Waals surface area contributed by atoms with Crippen molar-refractivity contribution in [2.75, 3.05) is 66.0 Å². The number of likely N-dealkylation sites (tertiary alicyclic amines) is 1. The number of guanidine groups is 1. The summed E-state index contributed by atoms with van der Waals surface area (Å²) in [5.41, 5.74) is 0. The van der Waals surface area contributed by atoms with Crippen molar-refractivity contribution in [1.82, 2.24) is 25.3 Å². The van der Waals surface area contributed by atoms with E-state index in [1.165, 1.54) is 6.42 Å². The molecule has 0 aromatic heterocycles. The van der Waals surface area contributed by atoms with Gasteiger partial charge in [0.2, 0.25) is 5.91 Å². The highest BCUT2D eigenvalue weighted by Gasteiger charge is 2.19. The molecule has 1 atom stereocenters. The Balaban J connectivity index is 0.00000392. The Hall–Kier alpha value is -0.610. The van der Waals surface area contributed by atoms with Crippen molar-refractivity contribution in [2.24, 2.45) is 4.99 Å². The number of halogens is 1. The van der Waals surface area contributed by atoms with Gasteiger partial charge in [0.25, 0.3) is 0 Å². The van der Waals surface area contributed by atoms with Crippen molar-refractivity contribution in [2.45, 2.75) is 52.0 Å². The first-order valence-electron chi connectivity index (χ1n) is 10.8. The molecule has 164 valence electrons. The van der Waals surface area contributed by atoms with Crippen LogP contribution in [0.25, 0.3) is 0 Å². The van der Waals surface area contributed by atoms with Crippen LogP contribution in [0.2, 0.25) is 0 Å². The molecule has 8 heteroatoms. The van der Waals surface area contributed by atoms with Crippen LogP contribution in [0.5, 0.6) is 0 Å². The molecule has 28 heavy (non-hydrogen) atoms. The molecule has 2 fully saturated rings. The normalized spacial score (nSPS) is 21.0. The van der Waals surface area contributed by atoms with Crippen LogP contribution in [0.4, 0.5) is 0 Å². The summed E-state index contributed by atoms with van der Waals surface area (Å²) in [6, 6.07) is 0.462. The fourth-order valence-corrected chi connectivity index (χ4v) is 3.70. The summed E-state index contributed by atoms with van der Waals surface area (Å²) < 4.78 is 0. The lowest BCUT2D eigenvalue weighted by molar-refractivity contribution is -0.130. The number of hydrogen-bond acceptors (Lipinski definition) is 4. The SMILES string of the molecule is CCNC(=NCC(C)N1CCN(C)CC1)NCCCN1CCCCCC1=O.I. The van der Waals surface area contributed by atoms with Crippen LogP contribution in [-0.2, 0) is 4.79 Å². The predicted octanol–water partition coefficient (Wildman–Crippen LogP) is 1.59. The molecule has 0 aliphatic carbocycles. The van der Waals surface area contributed by atoms with E-state index in [2.05, 4.69) is 41.3 Å². The van der Waals surface area contributed by atoms with E-state index in [1.54, 1.807) is 0 Å². The average Bonchev–Trinajstić information content (AvgIpc) is 2.87. The lowest BCUT2D eigenvalue weighted by atomic mass is 10.2. The van der Waals surface area contributed by atoms with Crippen LogP contribution < -0.4 is 10.6 Å². The van der Waals surface area contributed by atoms with Gasteiger partial charge in [0, 0.05) is 64.8 Å². The summed E-state index contributed by atoms with van der Waals surface area (Å²) >= 11 is 0. The first-order valence-corrected chi connectivity index (χ1v) is 10.8. The molecule has 1 unspecified atom stereocenters. The number of carbonyl (C=O) groups excluding carboxylic acids is 1. The maximum Gasteiger partial charge on any atom is 0.222 e. The lowest BCUT2D eigenvalue weighted by Crippen LogP contribution is -2.49. The van der Waals surface area contributed by atoms with Gasteiger partial charge in [-0.3, -0.25) is 14.7 Å². The molecule has 0 saturated carbocycles. The minimum absolute atomic E-state index is 0. The summed E-state index contributed by atoms with van der Waals surface area (Å²) in [7, 11) is 2.19. The molecule has 2 N–H and O–H groups in total. The van der Waals surface area contributed by atoms with Crippen molar-refractivity contribution in [3.8, 4) is 0 Å². The smallest absolute Gasteiger partial charge is 0.222 e. The maximum atomic E-state index is 12.1.